The molecule has 0 bridgehead atoms. The maximum atomic E-state index is 12.5. The molecule has 0 N–H and O–H groups in total. The second kappa shape index (κ2) is 7.48. The normalized spacial score (nSPS) is 12.0. The highest BCUT2D eigenvalue weighted by Crippen LogP contribution is 2.21. The third-order valence-corrected chi connectivity index (χ3v) is 4.51. The number of aromatic nitrogens is 2. The minimum Gasteiger partial charge on any atom is -0.481 e. The van der Waals surface area contributed by atoms with E-state index in [2.05, 4.69) is 10.1 Å². The van der Waals surface area contributed by atoms with E-state index in [1.54, 1.807) is 14.0 Å². The first-order chi connectivity index (χ1) is 12.0. The number of ether oxygens (including phenoxy) is 1. The van der Waals surface area contributed by atoms with Crippen molar-refractivity contribution in [3.05, 3.63) is 53.2 Å². The molecule has 130 valence electrons. The van der Waals surface area contributed by atoms with E-state index in [9.17, 15) is 4.79 Å². The lowest BCUT2D eigenvalue weighted by atomic mass is 10.2. The minimum atomic E-state index is -0.604. The Morgan fingerprint density at radius 3 is 2.76 bits per heavy atom. The van der Waals surface area contributed by atoms with Crippen LogP contribution in [0.3, 0.4) is 0 Å². The average molecular weight is 357 g/mol. The van der Waals surface area contributed by atoms with Gasteiger partial charge in [-0.2, -0.15) is 4.98 Å². The summed E-state index contributed by atoms with van der Waals surface area (Å²) >= 11 is 1.54. The van der Waals surface area contributed by atoms with Crippen molar-refractivity contribution in [2.75, 3.05) is 7.05 Å². The molecule has 0 fully saturated rings. The molecule has 0 aliphatic carbocycles. The highest BCUT2D eigenvalue weighted by molar-refractivity contribution is 7.13. The predicted octanol–water partition coefficient (Wildman–Crippen LogP) is 3.53. The van der Waals surface area contributed by atoms with Gasteiger partial charge in [-0.3, -0.25) is 4.79 Å². The van der Waals surface area contributed by atoms with Gasteiger partial charge in [-0.25, -0.2) is 0 Å². The molecule has 2 aromatic heterocycles. The Morgan fingerprint density at radius 1 is 1.32 bits per heavy atom. The smallest absolute Gasteiger partial charge is 0.263 e. The van der Waals surface area contributed by atoms with E-state index < -0.39 is 6.10 Å². The fraction of sp³-hybridized carbons (Fsp3) is 0.278. The average Bonchev–Trinajstić information content (AvgIpc) is 3.27. The molecule has 0 unspecified atom stereocenters. The van der Waals surface area contributed by atoms with Gasteiger partial charge in [0.25, 0.3) is 5.91 Å². The Labute approximate surface area is 150 Å². The van der Waals surface area contributed by atoms with E-state index in [0.29, 0.717) is 17.5 Å². The van der Waals surface area contributed by atoms with Gasteiger partial charge in [-0.05, 0) is 37.4 Å². The number of rotatable bonds is 6. The van der Waals surface area contributed by atoms with Gasteiger partial charge in [-0.15, -0.1) is 11.3 Å². The fourth-order valence-corrected chi connectivity index (χ4v) is 2.94. The number of benzene rings is 1. The lowest BCUT2D eigenvalue weighted by Crippen LogP contribution is -2.37. The number of carbonyl (C=O) groups is 1. The molecule has 3 aromatic rings. The van der Waals surface area contributed by atoms with E-state index in [4.69, 9.17) is 9.26 Å². The Morgan fingerprint density at radius 2 is 2.08 bits per heavy atom. The van der Waals surface area contributed by atoms with Crippen molar-refractivity contribution in [3.63, 3.8) is 0 Å². The van der Waals surface area contributed by atoms with E-state index in [-0.39, 0.29) is 12.5 Å². The van der Waals surface area contributed by atoms with Crippen molar-refractivity contribution in [2.24, 2.45) is 0 Å². The van der Waals surface area contributed by atoms with Crippen LogP contribution in [0.15, 0.2) is 46.3 Å². The molecule has 7 heteroatoms. The van der Waals surface area contributed by atoms with Gasteiger partial charge >= 0.3 is 0 Å². The molecule has 1 amide bonds. The second-order valence-electron chi connectivity index (χ2n) is 5.76. The minimum absolute atomic E-state index is 0.156. The van der Waals surface area contributed by atoms with Gasteiger partial charge in [0.2, 0.25) is 11.7 Å². The van der Waals surface area contributed by atoms with Crippen LogP contribution in [-0.2, 0) is 11.3 Å². The molecule has 2 heterocycles. The van der Waals surface area contributed by atoms with Crippen molar-refractivity contribution in [3.8, 4) is 16.5 Å². The SMILES string of the molecule is Cc1ccc(O[C@H](C)C(=O)N(C)Cc2nc(-c3cccs3)no2)cc1. The summed E-state index contributed by atoms with van der Waals surface area (Å²) in [5, 5.41) is 5.90. The first-order valence-electron chi connectivity index (χ1n) is 7.87. The van der Waals surface area contributed by atoms with E-state index in [0.717, 1.165) is 10.4 Å². The zero-order valence-electron chi connectivity index (χ0n) is 14.3. The molecule has 1 aromatic carbocycles. The molecular formula is C18H19N3O3S. The first kappa shape index (κ1) is 17.2. The zero-order valence-corrected chi connectivity index (χ0v) is 15.1. The third kappa shape index (κ3) is 4.24. The standard InChI is InChI=1S/C18H19N3O3S/c1-12-6-8-14(9-7-12)23-13(2)18(22)21(3)11-16-19-17(20-24-16)15-5-4-10-25-15/h4-10,13H,11H2,1-3H3/t13-/m1/s1. The summed E-state index contributed by atoms with van der Waals surface area (Å²) in [6.07, 6.45) is -0.604. The first-order valence-corrected chi connectivity index (χ1v) is 8.75. The van der Waals surface area contributed by atoms with E-state index in [1.165, 1.54) is 16.2 Å². The van der Waals surface area contributed by atoms with Crippen molar-refractivity contribution < 1.29 is 14.1 Å². The summed E-state index contributed by atoms with van der Waals surface area (Å²) in [5.41, 5.74) is 1.14. The number of likely N-dealkylation sites (N-methyl/N-ethyl adjacent to an activating group) is 1. The Kier molecular flexibility index (Phi) is 5.14. The summed E-state index contributed by atoms with van der Waals surface area (Å²) in [5.74, 6) is 1.44. The third-order valence-electron chi connectivity index (χ3n) is 3.64. The molecule has 3 rings (SSSR count). The van der Waals surface area contributed by atoms with Crippen molar-refractivity contribution in [2.45, 2.75) is 26.5 Å². The highest BCUT2D eigenvalue weighted by Gasteiger charge is 2.21. The molecule has 0 saturated carbocycles. The Balaban J connectivity index is 1.59. The van der Waals surface area contributed by atoms with Crippen LogP contribution in [0.2, 0.25) is 0 Å². The second-order valence-corrected chi connectivity index (χ2v) is 6.70. The van der Waals surface area contributed by atoms with E-state index in [1.807, 2.05) is 48.7 Å². The molecule has 0 spiro atoms. The van der Waals surface area contributed by atoms with Gasteiger partial charge in [-0.1, -0.05) is 28.9 Å². The number of carbonyl (C=O) groups excluding carboxylic acids is 1. The molecule has 25 heavy (non-hydrogen) atoms. The Hall–Kier alpha value is -2.67. The van der Waals surface area contributed by atoms with Gasteiger partial charge in [0, 0.05) is 7.05 Å². The highest BCUT2D eigenvalue weighted by atomic mass is 32.1. The largest absolute Gasteiger partial charge is 0.481 e. The topological polar surface area (TPSA) is 68.5 Å². The van der Waals surface area contributed by atoms with Crippen molar-refractivity contribution in [1.82, 2.24) is 15.0 Å². The number of hydrogen-bond donors (Lipinski definition) is 0. The number of thiophene rings is 1. The van der Waals surface area contributed by atoms with Gasteiger partial charge in [0.1, 0.15) is 5.75 Å². The fourth-order valence-electron chi connectivity index (χ4n) is 2.29. The number of amides is 1. The van der Waals surface area contributed by atoms with Gasteiger partial charge < -0.3 is 14.2 Å². The molecule has 0 aliphatic rings. The van der Waals surface area contributed by atoms with Crippen LogP contribution < -0.4 is 4.74 Å². The molecule has 0 radical (unpaired) electrons. The van der Waals surface area contributed by atoms with Crippen molar-refractivity contribution in [1.29, 1.82) is 0 Å². The number of aryl methyl sites for hydroxylation is 1. The summed E-state index contributed by atoms with van der Waals surface area (Å²) in [4.78, 5) is 19.2. The number of hydrogen-bond acceptors (Lipinski definition) is 6. The molecule has 1 atom stereocenters. The molecule has 0 aliphatic heterocycles. The van der Waals surface area contributed by atoms with Crippen LogP contribution in [0.5, 0.6) is 5.75 Å². The summed E-state index contributed by atoms with van der Waals surface area (Å²) in [6, 6.07) is 11.4. The van der Waals surface area contributed by atoms with Crippen LogP contribution in [0.25, 0.3) is 10.7 Å². The molecular weight excluding hydrogens is 338 g/mol. The number of nitrogens with zero attached hydrogens (tertiary/aromatic N) is 3. The van der Waals surface area contributed by atoms with Crippen LogP contribution in [0, 0.1) is 6.92 Å². The molecule has 0 saturated heterocycles. The van der Waals surface area contributed by atoms with Crippen LogP contribution >= 0.6 is 11.3 Å². The maximum Gasteiger partial charge on any atom is 0.263 e. The Bertz CT molecular complexity index is 828. The van der Waals surface area contributed by atoms with Crippen LogP contribution in [0.1, 0.15) is 18.4 Å². The maximum absolute atomic E-state index is 12.5. The zero-order chi connectivity index (χ0) is 17.8. The lowest BCUT2D eigenvalue weighted by Gasteiger charge is -2.20. The summed E-state index contributed by atoms with van der Waals surface area (Å²) < 4.78 is 10.9. The lowest BCUT2D eigenvalue weighted by molar-refractivity contribution is -0.137. The monoisotopic (exact) mass is 357 g/mol. The van der Waals surface area contributed by atoms with Gasteiger partial charge in [0.05, 0.1) is 11.4 Å². The van der Waals surface area contributed by atoms with Crippen LogP contribution in [0.4, 0.5) is 0 Å². The summed E-state index contributed by atoms with van der Waals surface area (Å²) in [7, 11) is 1.69. The molecule has 6 nitrogen and oxygen atoms in total. The predicted molar refractivity (Wildman–Crippen MR) is 95.4 cm³/mol. The quantitative estimate of drug-likeness (QED) is 0.675. The van der Waals surface area contributed by atoms with Gasteiger partial charge in [0.15, 0.2) is 6.10 Å². The van der Waals surface area contributed by atoms with E-state index >= 15 is 0 Å². The van der Waals surface area contributed by atoms with Crippen LogP contribution in [-0.4, -0.2) is 34.1 Å². The van der Waals surface area contributed by atoms with Crippen molar-refractivity contribution >= 4 is 17.2 Å². The summed E-state index contributed by atoms with van der Waals surface area (Å²) in [6.45, 7) is 3.96.